The molecule has 0 fully saturated rings. The van der Waals surface area contributed by atoms with Crippen LogP contribution in [0.5, 0.6) is 0 Å². The summed E-state index contributed by atoms with van der Waals surface area (Å²) in [5.41, 5.74) is 2.81. The average molecular weight is 283 g/mol. The van der Waals surface area contributed by atoms with E-state index in [1.165, 1.54) is 0 Å². The summed E-state index contributed by atoms with van der Waals surface area (Å²) < 4.78 is 0. The van der Waals surface area contributed by atoms with Crippen molar-refractivity contribution >= 4 is 23.5 Å². The predicted molar refractivity (Wildman–Crippen MR) is 85.4 cm³/mol. The fraction of sp³-hybridized carbons (Fsp3) is 0.333. The van der Waals surface area contributed by atoms with Gasteiger partial charge in [0.2, 0.25) is 0 Å². The van der Waals surface area contributed by atoms with Gasteiger partial charge >= 0.3 is 0 Å². The van der Waals surface area contributed by atoms with Crippen LogP contribution in [0.1, 0.15) is 50.2 Å². The van der Waals surface area contributed by atoms with Crippen LogP contribution in [0, 0.1) is 0 Å². The number of nitrogens with one attached hydrogen (secondary N) is 1. The molecule has 0 radical (unpaired) electrons. The number of amides is 2. The van der Waals surface area contributed by atoms with Gasteiger partial charge in [-0.3, -0.25) is 14.9 Å². The SMILES string of the molecule is C=Cc1ccccc1C1=C(CCCCCC)C(=O)NC1=O. The first-order valence-corrected chi connectivity index (χ1v) is 7.49. The average Bonchev–Trinajstić information content (AvgIpc) is 2.77. The highest BCUT2D eigenvalue weighted by Crippen LogP contribution is 2.30. The lowest BCUT2D eigenvalue weighted by Crippen LogP contribution is -2.23. The molecule has 0 aliphatic carbocycles. The number of carbonyl (C=O) groups excluding carboxylic acids is 2. The number of unbranched alkanes of at least 4 members (excludes halogenated alkanes) is 3. The first-order valence-electron chi connectivity index (χ1n) is 7.49. The molecule has 0 unspecified atom stereocenters. The summed E-state index contributed by atoms with van der Waals surface area (Å²) in [6.07, 6.45) is 6.69. The molecule has 21 heavy (non-hydrogen) atoms. The maximum absolute atomic E-state index is 12.1. The quantitative estimate of drug-likeness (QED) is 0.612. The van der Waals surface area contributed by atoms with Crippen molar-refractivity contribution in [2.75, 3.05) is 0 Å². The van der Waals surface area contributed by atoms with E-state index in [2.05, 4.69) is 18.8 Å². The van der Waals surface area contributed by atoms with Gasteiger partial charge in [-0.15, -0.1) is 0 Å². The summed E-state index contributed by atoms with van der Waals surface area (Å²) >= 11 is 0. The molecular formula is C18H21NO2. The van der Waals surface area contributed by atoms with Crippen molar-refractivity contribution < 1.29 is 9.59 Å². The molecule has 1 aliphatic heterocycles. The molecule has 1 aromatic rings. The maximum Gasteiger partial charge on any atom is 0.259 e. The fourth-order valence-electron chi connectivity index (χ4n) is 2.65. The van der Waals surface area contributed by atoms with Gasteiger partial charge in [0.25, 0.3) is 11.8 Å². The number of imide groups is 1. The van der Waals surface area contributed by atoms with Crippen LogP contribution < -0.4 is 5.32 Å². The molecule has 2 rings (SSSR count). The zero-order valence-corrected chi connectivity index (χ0v) is 12.4. The molecule has 110 valence electrons. The third-order valence-corrected chi connectivity index (χ3v) is 3.76. The number of rotatable bonds is 7. The van der Waals surface area contributed by atoms with Gasteiger partial charge < -0.3 is 0 Å². The third kappa shape index (κ3) is 3.30. The summed E-state index contributed by atoms with van der Waals surface area (Å²) in [4.78, 5) is 24.1. The maximum atomic E-state index is 12.1. The van der Waals surface area contributed by atoms with Crippen LogP contribution in [-0.4, -0.2) is 11.8 Å². The van der Waals surface area contributed by atoms with E-state index in [-0.39, 0.29) is 11.8 Å². The van der Waals surface area contributed by atoms with Crippen molar-refractivity contribution in [1.29, 1.82) is 0 Å². The molecule has 1 heterocycles. The van der Waals surface area contributed by atoms with Gasteiger partial charge in [-0.25, -0.2) is 0 Å². The van der Waals surface area contributed by atoms with E-state index in [1.54, 1.807) is 6.08 Å². The van der Waals surface area contributed by atoms with Crippen LogP contribution in [0.15, 0.2) is 36.4 Å². The van der Waals surface area contributed by atoms with Crippen LogP contribution in [0.4, 0.5) is 0 Å². The van der Waals surface area contributed by atoms with E-state index in [0.717, 1.165) is 36.8 Å². The molecule has 1 aromatic carbocycles. The van der Waals surface area contributed by atoms with Gasteiger partial charge in [-0.05, 0) is 24.0 Å². The van der Waals surface area contributed by atoms with Crippen molar-refractivity contribution in [3.05, 3.63) is 47.5 Å². The van der Waals surface area contributed by atoms with E-state index in [0.29, 0.717) is 17.6 Å². The Kier molecular flexibility index (Phi) is 5.09. The first kappa shape index (κ1) is 15.2. The minimum atomic E-state index is -0.292. The largest absolute Gasteiger partial charge is 0.288 e. The monoisotopic (exact) mass is 283 g/mol. The molecular weight excluding hydrogens is 262 g/mol. The Morgan fingerprint density at radius 1 is 1.10 bits per heavy atom. The summed E-state index contributed by atoms with van der Waals surface area (Å²) in [6, 6.07) is 7.55. The molecule has 0 atom stereocenters. The molecule has 0 spiro atoms. The van der Waals surface area contributed by atoms with E-state index < -0.39 is 0 Å². The van der Waals surface area contributed by atoms with Crippen LogP contribution in [0.25, 0.3) is 11.6 Å². The second-order valence-electron chi connectivity index (χ2n) is 5.24. The lowest BCUT2D eigenvalue weighted by atomic mass is 9.94. The van der Waals surface area contributed by atoms with Crippen molar-refractivity contribution in [1.82, 2.24) is 5.32 Å². The van der Waals surface area contributed by atoms with E-state index in [9.17, 15) is 9.59 Å². The Balaban J connectivity index is 2.34. The highest BCUT2D eigenvalue weighted by Gasteiger charge is 2.31. The van der Waals surface area contributed by atoms with Gasteiger partial charge in [0.15, 0.2) is 0 Å². The Morgan fingerprint density at radius 3 is 2.57 bits per heavy atom. The van der Waals surface area contributed by atoms with E-state index >= 15 is 0 Å². The lowest BCUT2D eigenvalue weighted by Gasteiger charge is -2.07. The van der Waals surface area contributed by atoms with Gasteiger partial charge in [-0.2, -0.15) is 0 Å². The zero-order chi connectivity index (χ0) is 15.2. The van der Waals surface area contributed by atoms with Crippen LogP contribution in [-0.2, 0) is 9.59 Å². The predicted octanol–water partition coefficient (Wildman–Crippen LogP) is 3.71. The fourth-order valence-corrected chi connectivity index (χ4v) is 2.65. The highest BCUT2D eigenvalue weighted by atomic mass is 16.2. The smallest absolute Gasteiger partial charge is 0.259 e. The summed E-state index contributed by atoms with van der Waals surface area (Å²) in [5.74, 6) is -0.537. The minimum Gasteiger partial charge on any atom is -0.288 e. The minimum absolute atomic E-state index is 0.245. The summed E-state index contributed by atoms with van der Waals surface area (Å²) in [6.45, 7) is 5.93. The van der Waals surface area contributed by atoms with Gasteiger partial charge in [0, 0.05) is 5.57 Å². The topological polar surface area (TPSA) is 46.2 Å². The summed E-state index contributed by atoms with van der Waals surface area (Å²) in [7, 11) is 0. The number of benzene rings is 1. The van der Waals surface area contributed by atoms with Crippen molar-refractivity contribution in [2.24, 2.45) is 0 Å². The number of carbonyl (C=O) groups is 2. The lowest BCUT2D eigenvalue weighted by molar-refractivity contribution is -0.123. The van der Waals surface area contributed by atoms with Gasteiger partial charge in [0.05, 0.1) is 5.57 Å². The Bertz CT molecular complexity index is 599. The third-order valence-electron chi connectivity index (χ3n) is 3.76. The second kappa shape index (κ2) is 7.02. The summed E-state index contributed by atoms with van der Waals surface area (Å²) in [5, 5.41) is 2.42. The molecule has 0 aromatic heterocycles. The number of hydrogen-bond donors (Lipinski definition) is 1. The first-order chi connectivity index (χ1) is 10.2. The normalized spacial score (nSPS) is 14.5. The molecule has 0 bridgehead atoms. The Morgan fingerprint density at radius 2 is 1.86 bits per heavy atom. The van der Waals surface area contributed by atoms with E-state index in [4.69, 9.17) is 0 Å². The Hall–Kier alpha value is -2.16. The molecule has 0 saturated carbocycles. The highest BCUT2D eigenvalue weighted by molar-refractivity contribution is 6.36. The zero-order valence-electron chi connectivity index (χ0n) is 12.4. The molecule has 1 aliphatic rings. The van der Waals surface area contributed by atoms with Crippen molar-refractivity contribution in [2.45, 2.75) is 39.0 Å². The van der Waals surface area contributed by atoms with Crippen LogP contribution >= 0.6 is 0 Å². The molecule has 1 N–H and O–H groups in total. The van der Waals surface area contributed by atoms with Crippen LogP contribution in [0.3, 0.4) is 0 Å². The van der Waals surface area contributed by atoms with Gasteiger partial charge in [-0.1, -0.05) is 63.1 Å². The van der Waals surface area contributed by atoms with Crippen molar-refractivity contribution in [3.8, 4) is 0 Å². The molecule has 3 nitrogen and oxygen atoms in total. The van der Waals surface area contributed by atoms with E-state index in [1.807, 2.05) is 24.3 Å². The molecule has 3 heteroatoms. The second-order valence-corrected chi connectivity index (χ2v) is 5.24. The van der Waals surface area contributed by atoms with Crippen LogP contribution in [0.2, 0.25) is 0 Å². The van der Waals surface area contributed by atoms with Crippen molar-refractivity contribution in [3.63, 3.8) is 0 Å². The molecule has 0 saturated heterocycles. The Labute approximate surface area is 125 Å². The standard InChI is InChI=1S/C18H21NO2/c1-3-5-6-7-12-15-16(18(21)19-17(15)20)14-11-9-8-10-13(14)4-2/h4,8-11H,2-3,5-7,12H2,1H3,(H,19,20,21). The number of hydrogen-bond acceptors (Lipinski definition) is 2. The molecule has 2 amide bonds. The van der Waals surface area contributed by atoms with Gasteiger partial charge in [0.1, 0.15) is 0 Å².